The fraction of sp³-hybridized carbons (Fsp3) is 0.500. The van der Waals surface area contributed by atoms with Crippen molar-refractivity contribution in [3.8, 4) is 0 Å². The van der Waals surface area contributed by atoms with Crippen LogP contribution in [0.4, 0.5) is 4.79 Å². The zero-order valence-electron chi connectivity index (χ0n) is 8.53. The maximum atomic E-state index is 11.0. The van der Waals surface area contributed by atoms with Crippen LogP contribution in [0.1, 0.15) is 6.42 Å². The van der Waals surface area contributed by atoms with Crippen LogP contribution in [-0.4, -0.2) is 38.5 Å². The summed E-state index contributed by atoms with van der Waals surface area (Å²) in [6.45, 7) is 3.03. The monoisotopic (exact) mass is 268 g/mol. The number of hydrogen-bond acceptors (Lipinski definition) is 4. The number of halogens is 1. The molecule has 0 saturated carbocycles. The number of urea groups is 1. The van der Waals surface area contributed by atoms with Crippen molar-refractivity contribution in [2.24, 2.45) is 0 Å². The largest absolute Gasteiger partial charge is 0.337 e. The normalized spacial score (nSPS) is 10.6. The molecule has 0 radical (unpaired) electrons. The highest BCUT2D eigenvalue weighted by Crippen LogP contribution is 1.88. The van der Waals surface area contributed by atoms with Gasteiger partial charge in [-0.3, -0.25) is 10.1 Å². The predicted octanol–water partition coefficient (Wildman–Crippen LogP) is -0.000600. The van der Waals surface area contributed by atoms with Crippen LogP contribution < -0.4 is 10.6 Å². The Labute approximate surface area is 99.0 Å². The number of amides is 3. The summed E-state index contributed by atoms with van der Waals surface area (Å²) in [4.78, 5) is 21.9. The van der Waals surface area contributed by atoms with E-state index in [1.165, 1.54) is 0 Å². The maximum Gasteiger partial charge on any atom is 0.321 e. The molecule has 0 aliphatic rings. The Hall–Kier alpha value is -1.08. The summed E-state index contributed by atoms with van der Waals surface area (Å²) in [6.07, 6.45) is 0.0277. The van der Waals surface area contributed by atoms with Crippen LogP contribution in [0.25, 0.3) is 0 Å². The molecule has 92 valence electrons. The van der Waals surface area contributed by atoms with Gasteiger partial charge in [-0.2, -0.15) is 0 Å². The van der Waals surface area contributed by atoms with Crippen LogP contribution in [0, 0.1) is 0 Å². The molecular formula is C8H13ClN2O4S. The number of nitrogens with one attached hydrogen (secondary N) is 2. The number of carbonyl (C=O) groups is 2. The number of carbonyl (C=O) groups excluding carboxylic acids is 2. The molecule has 0 aliphatic carbocycles. The maximum absolute atomic E-state index is 11.0. The standard InChI is InChI=1S/C8H13ClN2O4S/c1-2-16(14,15)6-5-10-8(13)11-7(12)3-4-9/h2H,1,3-6H2,(H2,10,11,12,13). The molecule has 0 aromatic carbocycles. The van der Waals surface area contributed by atoms with Crippen LogP contribution in [0.15, 0.2) is 12.0 Å². The molecule has 2 N–H and O–H groups in total. The van der Waals surface area contributed by atoms with Gasteiger partial charge in [0.15, 0.2) is 9.84 Å². The van der Waals surface area contributed by atoms with Crippen LogP contribution in [0.2, 0.25) is 0 Å². The van der Waals surface area contributed by atoms with Crippen molar-refractivity contribution < 1.29 is 18.0 Å². The second kappa shape index (κ2) is 7.24. The average Bonchev–Trinajstić information content (AvgIpc) is 2.17. The minimum absolute atomic E-state index is 0.0277. The van der Waals surface area contributed by atoms with Crippen LogP contribution in [0.5, 0.6) is 0 Å². The molecular weight excluding hydrogens is 256 g/mol. The van der Waals surface area contributed by atoms with Gasteiger partial charge in [-0.1, -0.05) is 6.58 Å². The SMILES string of the molecule is C=CS(=O)(=O)CCNC(=O)NC(=O)CCCl. The molecule has 0 unspecified atom stereocenters. The lowest BCUT2D eigenvalue weighted by Crippen LogP contribution is -2.41. The quantitative estimate of drug-likeness (QED) is 0.663. The van der Waals surface area contributed by atoms with E-state index in [-0.39, 0.29) is 24.6 Å². The Balaban J connectivity index is 3.83. The van der Waals surface area contributed by atoms with Gasteiger partial charge in [-0.25, -0.2) is 13.2 Å². The Morgan fingerprint density at radius 3 is 2.50 bits per heavy atom. The van der Waals surface area contributed by atoms with Crippen molar-refractivity contribution >= 4 is 33.4 Å². The summed E-state index contributed by atoms with van der Waals surface area (Å²) in [5, 5.41) is 5.02. The van der Waals surface area contributed by atoms with E-state index in [9.17, 15) is 18.0 Å². The molecule has 0 aromatic rings. The third kappa shape index (κ3) is 7.24. The zero-order valence-corrected chi connectivity index (χ0v) is 10.1. The second-order valence-electron chi connectivity index (χ2n) is 2.78. The summed E-state index contributed by atoms with van der Waals surface area (Å²) >= 11 is 5.28. The highest BCUT2D eigenvalue weighted by molar-refractivity contribution is 7.94. The number of sulfone groups is 1. The van der Waals surface area contributed by atoms with Gasteiger partial charge in [-0.05, 0) is 0 Å². The van der Waals surface area contributed by atoms with Crippen molar-refractivity contribution in [1.29, 1.82) is 0 Å². The summed E-state index contributed by atoms with van der Waals surface area (Å²) in [5.74, 6) is -0.656. The number of imide groups is 1. The number of hydrogen-bond donors (Lipinski definition) is 2. The molecule has 3 amide bonds. The van der Waals surface area contributed by atoms with Crippen molar-refractivity contribution in [3.05, 3.63) is 12.0 Å². The molecule has 16 heavy (non-hydrogen) atoms. The minimum Gasteiger partial charge on any atom is -0.337 e. The van der Waals surface area contributed by atoms with E-state index in [2.05, 4.69) is 11.9 Å². The van der Waals surface area contributed by atoms with Crippen molar-refractivity contribution in [2.45, 2.75) is 6.42 Å². The van der Waals surface area contributed by atoms with E-state index < -0.39 is 21.8 Å². The third-order valence-corrected chi connectivity index (χ3v) is 2.97. The van der Waals surface area contributed by atoms with E-state index in [1.54, 1.807) is 0 Å². The summed E-state index contributed by atoms with van der Waals surface area (Å²) in [6, 6.07) is -0.741. The van der Waals surface area contributed by atoms with Gasteiger partial charge in [0.1, 0.15) is 0 Å². The molecule has 8 heteroatoms. The first-order chi connectivity index (χ1) is 7.41. The van der Waals surface area contributed by atoms with E-state index in [4.69, 9.17) is 11.6 Å². The summed E-state index contributed by atoms with van der Waals surface area (Å²) in [7, 11) is -3.34. The number of alkyl halides is 1. The van der Waals surface area contributed by atoms with E-state index >= 15 is 0 Å². The molecule has 0 spiro atoms. The van der Waals surface area contributed by atoms with Gasteiger partial charge in [0, 0.05) is 24.3 Å². The molecule has 0 heterocycles. The Bertz CT molecular complexity index is 366. The topological polar surface area (TPSA) is 92.3 Å². The van der Waals surface area contributed by atoms with Crippen molar-refractivity contribution in [3.63, 3.8) is 0 Å². The average molecular weight is 269 g/mol. The first kappa shape index (κ1) is 14.9. The molecule has 0 fully saturated rings. The first-order valence-electron chi connectivity index (χ1n) is 4.40. The second-order valence-corrected chi connectivity index (χ2v) is 5.22. The molecule has 0 atom stereocenters. The van der Waals surface area contributed by atoms with Crippen LogP contribution in [0.3, 0.4) is 0 Å². The van der Waals surface area contributed by atoms with E-state index in [0.29, 0.717) is 0 Å². The molecule has 0 aromatic heterocycles. The molecule has 0 saturated heterocycles. The number of rotatable bonds is 6. The third-order valence-electron chi connectivity index (χ3n) is 1.50. The van der Waals surface area contributed by atoms with Gasteiger partial charge >= 0.3 is 6.03 Å². The summed E-state index contributed by atoms with van der Waals surface area (Å²) in [5.41, 5.74) is 0. The van der Waals surface area contributed by atoms with E-state index in [1.807, 2.05) is 5.32 Å². The van der Waals surface area contributed by atoms with Gasteiger partial charge < -0.3 is 5.32 Å². The molecule has 6 nitrogen and oxygen atoms in total. The van der Waals surface area contributed by atoms with Gasteiger partial charge in [-0.15, -0.1) is 11.6 Å². The lowest BCUT2D eigenvalue weighted by molar-refractivity contribution is -0.119. The Morgan fingerprint density at radius 2 is 2.00 bits per heavy atom. The van der Waals surface area contributed by atoms with Crippen LogP contribution in [-0.2, 0) is 14.6 Å². The fourth-order valence-electron chi connectivity index (χ4n) is 0.709. The highest BCUT2D eigenvalue weighted by Gasteiger charge is 2.08. The first-order valence-corrected chi connectivity index (χ1v) is 6.65. The zero-order chi connectivity index (χ0) is 12.6. The van der Waals surface area contributed by atoms with Crippen LogP contribution >= 0.6 is 11.6 Å². The smallest absolute Gasteiger partial charge is 0.321 e. The van der Waals surface area contributed by atoms with Gasteiger partial charge in [0.05, 0.1) is 5.75 Å². The Kier molecular flexibility index (Phi) is 6.75. The van der Waals surface area contributed by atoms with Crippen molar-refractivity contribution in [2.75, 3.05) is 18.2 Å². The van der Waals surface area contributed by atoms with E-state index in [0.717, 1.165) is 5.41 Å². The van der Waals surface area contributed by atoms with Crippen molar-refractivity contribution in [1.82, 2.24) is 10.6 Å². The minimum atomic E-state index is -3.34. The fourth-order valence-corrected chi connectivity index (χ4v) is 1.43. The Morgan fingerprint density at radius 1 is 1.38 bits per heavy atom. The van der Waals surface area contributed by atoms with Gasteiger partial charge in [0.2, 0.25) is 5.91 Å². The molecule has 0 aliphatic heterocycles. The van der Waals surface area contributed by atoms with Gasteiger partial charge in [0.25, 0.3) is 0 Å². The summed E-state index contributed by atoms with van der Waals surface area (Å²) < 4.78 is 21.9. The highest BCUT2D eigenvalue weighted by atomic mass is 35.5. The molecule has 0 rings (SSSR count). The molecule has 0 bridgehead atoms. The lowest BCUT2D eigenvalue weighted by atomic mass is 10.4. The lowest BCUT2D eigenvalue weighted by Gasteiger charge is -2.05. The predicted molar refractivity (Wildman–Crippen MR) is 60.9 cm³/mol.